The average Bonchev–Trinajstić information content (AvgIpc) is 2.82. The Hall–Kier alpha value is -2.70. The second kappa shape index (κ2) is 5.52. The summed E-state index contributed by atoms with van der Waals surface area (Å²) in [5.74, 6) is -2.13. The van der Waals surface area contributed by atoms with Gasteiger partial charge >= 0.3 is 11.9 Å². The SMILES string of the molecule is CCc1c(C(=O)O)nnn1Cc1cccc(C(=O)O)c1. The molecule has 7 heteroatoms. The summed E-state index contributed by atoms with van der Waals surface area (Å²) < 4.78 is 1.48. The van der Waals surface area contributed by atoms with E-state index in [9.17, 15) is 9.59 Å². The summed E-state index contributed by atoms with van der Waals surface area (Å²) in [6.45, 7) is 2.10. The normalized spacial score (nSPS) is 10.4. The number of aromatic nitrogens is 3. The largest absolute Gasteiger partial charge is 0.478 e. The predicted octanol–water partition coefficient (Wildman–Crippen LogP) is 1.29. The van der Waals surface area contributed by atoms with Crippen LogP contribution in [0.2, 0.25) is 0 Å². The van der Waals surface area contributed by atoms with Crippen molar-refractivity contribution in [3.05, 3.63) is 46.8 Å². The van der Waals surface area contributed by atoms with E-state index in [0.717, 1.165) is 5.56 Å². The molecule has 0 amide bonds. The predicted molar refractivity (Wildman–Crippen MR) is 68.9 cm³/mol. The number of carboxylic acids is 2. The van der Waals surface area contributed by atoms with Crippen LogP contribution in [0.4, 0.5) is 0 Å². The summed E-state index contributed by atoms with van der Waals surface area (Å²) in [5.41, 5.74) is 1.35. The first-order chi connectivity index (χ1) is 9.52. The molecule has 0 atom stereocenters. The van der Waals surface area contributed by atoms with Gasteiger partial charge in [-0.05, 0) is 24.1 Å². The first kappa shape index (κ1) is 13.7. The molecule has 2 aromatic rings. The van der Waals surface area contributed by atoms with Crippen LogP contribution < -0.4 is 0 Å². The number of carboxylic acid groups (broad SMARTS) is 2. The minimum Gasteiger partial charge on any atom is -0.478 e. The lowest BCUT2D eigenvalue weighted by Crippen LogP contribution is -2.09. The number of hydrogen-bond acceptors (Lipinski definition) is 4. The van der Waals surface area contributed by atoms with E-state index < -0.39 is 11.9 Å². The molecule has 0 aliphatic rings. The van der Waals surface area contributed by atoms with Gasteiger partial charge in [0.25, 0.3) is 0 Å². The van der Waals surface area contributed by atoms with Crippen molar-refractivity contribution >= 4 is 11.9 Å². The molecule has 0 fully saturated rings. The van der Waals surface area contributed by atoms with Crippen LogP contribution in [-0.4, -0.2) is 37.1 Å². The van der Waals surface area contributed by atoms with E-state index in [2.05, 4.69) is 10.3 Å². The van der Waals surface area contributed by atoms with Gasteiger partial charge in [-0.15, -0.1) is 5.10 Å². The zero-order chi connectivity index (χ0) is 14.7. The van der Waals surface area contributed by atoms with E-state index in [1.807, 2.05) is 6.92 Å². The van der Waals surface area contributed by atoms with Gasteiger partial charge in [0.2, 0.25) is 0 Å². The summed E-state index contributed by atoms with van der Waals surface area (Å²) in [7, 11) is 0. The van der Waals surface area contributed by atoms with E-state index >= 15 is 0 Å². The van der Waals surface area contributed by atoms with Crippen LogP contribution in [0.1, 0.15) is 39.0 Å². The summed E-state index contributed by atoms with van der Waals surface area (Å²) in [5, 5.41) is 25.4. The maximum absolute atomic E-state index is 11.0. The van der Waals surface area contributed by atoms with Crippen LogP contribution >= 0.6 is 0 Å². The Bertz CT molecular complexity index is 663. The third-order valence-electron chi connectivity index (χ3n) is 2.88. The van der Waals surface area contributed by atoms with E-state index in [1.54, 1.807) is 12.1 Å². The highest BCUT2D eigenvalue weighted by molar-refractivity contribution is 5.87. The number of rotatable bonds is 5. The number of nitrogens with zero attached hydrogens (tertiary/aromatic N) is 3. The van der Waals surface area contributed by atoms with Gasteiger partial charge in [-0.2, -0.15) is 0 Å². The van der Waals surface area contributed by atoms with Gasteiger partial charge in [0.1, 0.15) is 0 Å². The van der Waals surface area contributed by atoms with Gasteiger partial charge in [-0.25, -0.2) is 14.3 Å². The summed E-state index contributed by atoms with van der Waals surface area (Å²) in [6.07, 6.45) is 0.479. The van der Waals surface area contributed by atoms with Gasteiger partial charge in [0.15, 0.2) is 5.69 Å². The fourth-order valence-corrected chi connectivity index (χ4v) is 1.95. The molecule has 0 saturated heterocycles. The molecular formula is C13H13N3O4. The van der Waals surface area contributed by atoms with Crippen molar-refractivity contribution in [3.8, 4) is 0 Å². The standard InChI is InChI=1S/C13H13N3O4/c1-2-10-11(13(19)20)14-15-16(10)7-8-4-3-5-9(6-8)12(17)18/h3-6H,2,7H2,1H3,(H,17,18)(H,19,20). The zero-order valence-corrected chi connectivity index (χ0v) is 10.8. The van der Waals surface area contributed by atoms with E-state index in [-0.39, 0.29) is 17.8 Å². The third-order valence-corrected chi connectivity index (χ3v) is 2.88. The Morgan fingerprint density at radius 3 is 2.60 bits per heavy atom. The van der Waals surface area contributed by atoms with Gasteiger partial charge in [-0.3, -0.25) is 0 Å². The van der Waals surface area contributed by atoms with Crippen LogP contribution in [0.15, 0.2) is 24.3 Å². The highest BCUT2D eigenvalue weighted by atomic mass is 16.4. The average molecular weight is 275 g/mol. The molecule has 0 aliphatic carbocycles. The third kappa shape index (κ3) is 2.66. The topological polar surface area (TPSA) is 105 Å². The number of hydrogen-bond donors (Lipinski definition) is 2. The molecular weight excluding hydrogens is 262 g/mol. The Balaban J connectivity index is 2.33. The molecule has 7 nitrogen and oxygen atoms in total. The Morgan fingerprint density at radius 1 is 1.25 bits per heavy atom. The van der Waals surface area contributed by atoms with Crippen LogP contribution in [0.25, 0.3) is 0 Å². The molecule has 2 rings (SSSR count). The van der Waals surface area contributed by atoms with E-state index in [4.69, 9.17) is 10.2 Å². The lowest BCUT2D eigenvalue weighted by Gasteiger charge is -2.06. The zero-order valence-electron chi connectivity index (χ0n) is 10.8. The van der Waals surface area contributed by atoms with Crippen molar-refractivity contribution < 1.29 is 19.8 Å². The van der Waals surface area contributed by atoms with Crippen LogP contribution in [0.3, 0.4) is 0 Å². The molecule has 2 N–H and O–H groups in total. The molecule has 0 radical (unpaired) electrons. The van der Waals surface area contributed by atoms with E-state index in [0.29, 0.717) is 12.1 Å². The van der Waals surface area contributed by atoms with Crippen molar-refractivity contribution in [1.29, 1.82) is 0 Å². The second-order valence-corrected chi connectivity index (χ2v) is 4.21. The summed E-state index contributed by atoms with van der Waals surface area (Å²) in [4.78, 5) is 21.9. The molecule has 0 aliphatic heterocycles. The fraction of sp³-hybridized carbons (Fsp3) is 0.231. The van der Waals surface area contributed by atoms with Crippen molar-refractivity contribution in [2.24, 2.45) is 0 Å². The van der Waals surface area contributed by atoms with Gasteiger partial charge in [-0.1, -0.05) is 24.3 Å². The Morgan fingerprint density at radius 2 is 2.00 bits per heavy atom. The molecule has 0 spiro atoms. The lowest BCUT2D eigenvalue weighted by molar-refractivity contribution is 0.0681. The highest BCUT2D eigenvalue weighted by Crippen LogP contribution is 2.11. The first-order valence-electron chi connectivity index (χ1n) is 6.00. The lowest BCUT2D eigenvalue weighted by atomic mass is 10.1. The van der Waals surface area contributed by atoms with Crippen molar-refractivity contribution in [3.63, 3.8) is 0 Å². The molecule has 1 heterocycles. The van der Waals surface area contributed by atoms with Crippen LogP contribution in [-0.2, 0) is 13.0 Å². The van der Waals surface area contributed by atoms with Crippen LogP contribution in [0.5, 0.6) is 0 Å². The van der Waals surface area contributed by atoms with Crippen molar-refractivity contribution in [2.75, 3.05) is 0 Å². The first-order valence-corrected chi connectivity index (χ1v) is 6.00. The maximum atomic E-state index is 11.0. The minimum absolute atomic E-state index is 0.0677. The second-order valence-electron chi connectivity index (χ2n) is 4.21. The molecule has 0 unspecified atom stereocenters. The smallest absolute Gasteiger partial charge is 0.358 e. The summed E-state index contributed by atoms with van der Waals surface area (Å²) >= 11 is 0. The van der Waals surface area contributed by atoms with E-state index in [1.165, 1.54) is 16.8 Å². The quantitative estimate of drug-likeness (QED) is 0.851. The van der Waals surface area contributed by atoms with Crippen LogP contribution in [0, 0.1) is 0 Å². The number of benzene rings is 1. The van der Waals surface area contributed by atoms with Crippen molar-refractivity contribution in [1.82, 2.24) is 15.0 Å². The molecule has 20 heavy (non-hydrogen) atoms. The molecule has 0 bridgehead atoms. The summed E-state index contributed by atoms with van der Waals surface area (Å²) in [6, 6.07) is 6.42. The van der Waals surface area contributed by atoms with Gasteiger partial charge in [0, 0.05) is 0 Å². The minimum atomic E-state index is -1.12. The highest BCUT2D eigenvalue weighted by Gasteiger charge is 2.17. The molecule has 104 valence electrons. The number of carbonyl (C=O) groups is 2. The van der Waals surface area contributed by atoms with Crippen molar-refractivity contribution in [2.45, 2.75) is 19.9 Å². The maximum Gasteiger partial charge on any atom is 0.358 e. The fourth-order valence-electron chi connectivity index (χ4n) is 1.95. The van der Waals surface area contributed by atoms with Gasteiger partial charge < -0.3 is 10.2 Å². The molecule has 1 aromatic carbocycles. The monoisotopic (exact) mass is 275 g/mol. The Kier molecular flexibility index (Phi) is 3.79. The van der Waals surface area contributed by atoms with Gasteiger partial charge in [0.05, 0.1) is 17.8 Å². The molecule has 1 aromatic heterocycles. The molecule has 0 saturated carbocycles. The Labute approximate surface area is 114 Å². The number of aromatic carboxylic acids is 2.